The number of benzene rings is 1. The number of hydrogen-bond acceptors (Lipinski definition) is 1. The Morgan fingerprint density at radius 2 is 1.62 bits per heavy atom. The molecule has 0 aliphatic carbocycles. The third kappa shape index (κ3) is 2.14. The standard InChI is InChI=1S/C14H18IN/c15-12-6-4-11(5-7-12)10-16-13-2-1-3-14(16)9-8-13/h4-7,13-14H,1-3,8-10H2/t13-,14+. The van der Waals surface area contributed by atoms with Crippen LogP contribution in [0.25, 0.3) is 0 Å². The maximum Gasteiger partial charge on any atom is 0.0239 e. The van der Waals surface area contributed by atoms with Crippen molar-refractivity contribution in [2.24, 2.45) is 0 Å². The van der Waals surface area contributed by atoms with E-state index in [0.717, 1.165) is 12.1 Å². The van der Waals surface area contributed by atoms with E-state index >= 15 is 0 Å². The first-order valence-corrected chi connectivity index (χ1v) is 7.41. The molecule has 1 nitrogen and oxygen atoms in total. The Morgan fingerprint density at radius 3 is 2.25 bits per heavy atom. The lowest BCUT2D eigenvalue weighted by molar-refractivity contribution is 0.132. The summed E-state index contributed by atoms with van der Waals surface area (Å²) in [7, 11) is 0. The summed E-state index contributed by atoms with van der Waals surface area (Å²) in [5.41, 5.74) is 1.49. The second-order valence-corrected chi connectivity index (χ2v) is 6.36. The largest absolute Gasteiger partial charge is 0.293 e. The van der Waals surface area contributed by atoms with Crippen molar-refractivity contribution in [3.05, 3.63) is 33.4 Å². The van der Waals surface area contributed by atoms with Gasteiger partial charge in [-0.05, 0) is 66.0 Å². The highest BCUT2D eigenvalue weighted by molar-refractivity contribution is 14.1. The minimum atomic E-state index is 0.887. The number of nitrogens with zero attached hydrogens (tertiary/aromatic N) is 1. The summed E-state index contributed by atoms with van der Waals surface area (Å²) in [6.45, 7) is 1.17. The fraction of sp³-hybridized carbons (Fsp3) is 0.571. The maximum atomic E-state index is 2.76. The summed E-state index contributed by atoms with van der Waals surface area (Å²) in [6, 6.07) is 10.8. The highest BCUT2D eigenvalue weighted by atomic mass is 127. The molecule has 2 aliphatic heterocycles. The Labute approximate surface area is 111 Å². The van der Waals surface area contributed by atoms with Crippen LogP contribution in [0.15, 0.2) is 24.3 Å². The topological polar surface area (TPSA) is 3.24 Å². The molecule has 16 heavy (non-hydrogen) atoms. The third-order valence-corrected chi connectivity index (χ3v) is 4.84. The lowest BCUT2D eigenvalue weighted by Crippen LogP contribution is -2.38. The molecule has 0 unspecified atom stereocenters. The molecule has 0 amide bonds. The van der Waals surface area contributed by atoms with E-state index in [1.807, 2.05) is 0 Å². The van der Waals surface area contributed by atoms with Crippen LogP contribution >= 0.6 is 22.6 Å². The van der Waals surface area contributed by atoms with Crippen molar-refractivity contribution in [3.8, 4) is 0 Å². The fourth-order valence-corrected chi connectivity index (χ4v) is 3.64. The van der Waals surface area contributed by atoms with E-state index in [2.05, 4.69) is 51.8 Å². The van der Waals surface area contributed by atoms with Gasteiger partial charge < -0.3 is 0 Å². The Hall–Kier alpha value is -0.0900. The van der Waals surface area contributed by atoms with Gasteiger partial charge in [-0.2, -0.15) is 0 Å². The van der Waals surface area contributed by atoms with Crippen LogP contribution in [0.2, 0.25) is 0 Å². The van der Waals surface area contributed by atoms with Crippen LogP contribution in [-0.4, -0.2) is 17.0 Å². The van der Waals surface area contributed by atoms with Crippen LogP contribution in [-0.2, 0) is 6.54 Å². The summed E-state index contributed by atoms with van der Waals surface area (Å²) in [5, 5.41) is 0. The molecule has 3 rings (SSSR count). The van der Waals surface area contributed by atoms with Crippen molar-refractivity contribution in [1.82, 2.24) is 4.90 Å². The minimum absolute atomic E-state index is 0.887. The number of piperidine rings is 1. The lowest BCUT2D eigenvalue weighted by Gasteiger charge is -2.34. The summed E-state index contributed by atoms with van der Waals surface area (Å²) in [6.07, 6.45) is 7.20. The molecule has 0 N–H and O–H groups in total. The van der Waals surface area contributed by atoms with Gasteiger partial charge in [0, 0.05) is 22.2 Å². The number of fused-ring (bicyclic) bond motifs is 2. The van der Waals surface area contributed by atoms with E-state index in [9.17, 15) is 0 Å². The second kappa shape index (κ2) is 4.65. The summed E-state index contributed by atoms with van der Waals surface area (Å²) >= 11 is 2.37. The molecular formula is C14H18IN. The molecule has 1 aromatic rings. The van der Waals surface area contributed by atoms with Crippen molar-refractivity contribution in [1.29, 1.82) is 0 Å². The normalized spacial score (nSPS) is 29.6. The summed E-state index contributed by atoms with van der Waals surface area (Å²) < 4.78 is 1.34. The molecule has 2 heteroatoms. The molecule has 0 saturated carbocycles. The van der Waals surface area contributed by atoms with E-state index in [1.165, 1.54) is 47.8 Å². The van der Waals surface area contributed by atoms with Crippen LogP contribution in [0.4, 0.5) is 0 Å². The van der Waals surface area contributed by atoms with Crippen LogP contribution in [0.3, 0.4) is 0 Å². The van der Waals surface area contributed by atoms with E-state index in [-0.39, 0.29) is 0 Å². The molecule has 2 bridgehead atoms. The molecular weight excluding hydrogens is 309 g/mol. The molecule has 0 aromatic heterocycles. The first kappa shape index (κ1) is 11.0. The molecule has 2 aliphatic rings. The van der Waals surface area contributed by atoms with Gasteiger partial charge in [-0.1, -0.05) is 18.6 Å². The van der Waals surface area contributed by atoms with Crippen molar-refractivity contribution in [2.45, 2.75) is 50.7 Å². The van der Waals surface area contributed by atoms with Gasteiger partial charge in [0.2, 0.25) is 0 Å². The average molecular weight is 327 g/mol. The van der Waals surface area contributed by atoms with E-state index in [4.69, 9.17) is 0 Å². The molecule has 2 heterocycles. The van der Waals surface area contributed by atoms with Gasteiger partial charge >= 0.3 is 0 Å². The van der Waals surface area contributed by atoms with Crippen LogP contribution in [0.5, 0.6) is 0 Å². The van der Waals surface area contributed by atoms with Crippen molar-refractivity contribution in [3.63, 3.8) is 0 Å². The van der Waals surface area contributed by atoms with Crippen LogP contribution in [0.1, 0.15) is 37.7 Å². The molecule has 1 aromatic carbocycles. The Morgan fingerprint density at radius 1 is 1.00 bits per heavy atom. The van der Waals surface area contributed by atoms with Gasteiger partial charge in [0.15, 0.2) is 0 Å². The van der Waals surface area contributed by atoms with E-state index in [1.54, 1.807) is 0 Å². The van der Waals surface area contributed by atoms with Gasteiger partial charge in [-0.3, -0.25) is 4.90 Å². The zero-order valence-corrected chi connectivity index (χ0v) is 11.7. The van der Waals surface area contributed by atoms with Crippen LogP contribution < -0.4 is 0 Å². The predicted octanol–water partition coefficient (Wildman–Crippen LogP) is 3.81. The highest BCUT2D eigenvalue weighted by Crippen LogP contribution is 2.36. The van der Waals surface area contributed by atoms with Gasteiger partial charge in [0.25, 0.3) is 0 Å². The van der Waals surface area contributed by atoms with Crippen molar-refractivity contribution < 1.29 is 0 Å². The van der Waals surface area contributed by atoms with E-state index < -0.39 is 0 Å². The van der Waals surface area contributed by atoms with Gasteiger partial charge in [0.05, 0.1) is 0 Å². The Balaban J connectivity index is 1.72. The van der Waals surface area contributed by atoms with Crippen molar-refractivity contribution in [2.75, 3.05) is 0 Å². The highest BCUT2D eigenvalue weighted by Gasteiger charge is 2.35. The van der Waals surface area contributed by atoms with Crippen LogP contribution in [0, 0.1) is 3.57 Å². The molecule has 86 valence electrons. The third-order valence-electron chi connectivity index (χ3n) is 4.12. The van der Waals surface area contributed by atoms with Gasteiger partial charge in [-0.25, -0.2) is 0 Å². The molecule has 0 radical (unpaired) electrons. The first-order chi connectivity index (χ1) is 7.83. The smallest absolute Gasteiger partial charge is 0.0239 e. The first-order valence-electron chi connectivity index (χ1n) is 6.33. The number of rotatable bonds is 2. The number of halogens is 1. The molecule has 2 saturated heterocycles. The zero-order chi connectivity index (χ0) is 11.0. The predicted molar refractivity (Wildman–Crippen MR) is 75.4 cm³/mol. The Bertz CT molecular complexity index is 344. The lowest BCUT2D eigenvalue weighted by atomic mass is 10.0. The van der Waals surface area contributed by atoms with Gasteiger partial charge in [-0.15, -0.1) is 0 Å². The quantitative estimate of drug-likeness (QED) is 0.747. The van der Waals surface area contributed by atoms with Crippen molar-refractivity contribution >= 4 is 22.6 Å². The summed E-state index contributed by atoms with van der Waals surface area (Å²) in [4.78, 5) is 2.76. The fourth-order valence-electron chi connectivity index (χ4n) is 3.28. The minimum Gasteiger partial charge on any atom is -0.293 e. The SMILES string of the molecule is Ic1ccc(CN2[C@@H]3CCC[C@H]2CC3)cc1. The number of hydrogen-bond donors (Lipinski definition) is 0. The van der Waals surface area contributed by atoms with E-state index in [0.29, 0.717) is 0 Å². The molecule has 0 spiro atoms. The monoisotopic (exact) mass is 327 g/mol. The molecule has 2 fully saturated rings. The second-order valence-electron chi connectivity index (χ2n) is 5.11. The van der Waals surface area contributed by atoms with Gasteiger partial charge in [0.1, 0.15) is 0 Å². The Kier molecular flexibility index (Phi) is 3.20. The summed E-state index contributed by atoms with van der Waals surface area (Å²) in [5.74, 6) is 0. The maximum absolute atomic E-state index is 2.76. The zero-order valence-electron chi connectivity index (χ0n) is 9.53. The average Bonchev–Trinajstić information content (AvgIpc) is 2.52. The molecule has 2 atom stereocenters.